The lowest BCUT2D eigenvalue weighted by Gasteiger charge is -2.33. The highest BCUT2D eigenvalue weighted by Crippen LogP contribution is 2.48. The second-order valence-corrected chi connectivity index (χ2v) is 5.82. The summed E-state index contributed by atoms with van der Waals surface area (Å²) in [5, 5.41) is 9.71. The number of piperidine rings is 1. The minimum absolute atomic E-state index is 0.164. The lowest BCUT2D eigenvalue weighted by molar-refractivity contribution is 0.0656. The van der Waals surface area contributed by atoms with Crippen LogP contribution in [0.1, 0.15) is 31.2 Å². The van der Waals surface area contributed by atoms with E-state index in [0.717, 1.165) is 32.5 Å². The van der Waals surface area contributed by atoms with Crippen LogP contribution in [0.15, 0.2) is 24.3 Å². The summed E-state index contributed by atoms with van der Waals surface area (Å²) in [5.41, 5.74) is 1.48. The van der Waals surface area contributed by atoms with Crippen LogP contribution in [-0.2, 0) is 5.41 Å². The van der Waals surface area contributed by atoms with E-state index < -0.39 is 0 Å². The van der Waals surface area contributed by atoms with Crippen molar-refractivity contribution in [1.29, 1.82) is 0 Å². The van der Waals surface area contributed by atoms with Gasteiger partial charge in [-0.05, 0) is 49.9 Å². The quantitative estimate of drug-likeness (QED) is 0.888. The molecule has 1 aliphatic carbocycles. The van der Waals surface area contributed by atoms with Crippen LogP contribution in [0.2, 0.25) is 0 Å². The molecule has 2 nitrogen and oxygen atoms in total. The second-order valence-electron chi connectivity index (χ2n) is 5.82. The third-order valence-corrected chi connectivity index (χ3v) is 4.32. The lowest BCUT2D eigenvalue weighted by Crippen LogP contribution is -2.42. The Morgan fingerprint density at radius 2 is 2.00 bits per heavy atom. The molecular formula is C15H20FNO. The van der Waals surface area contributed by atoms with E-state index in [-0.39, 0.29) is 17.3 Å². The summed E-state index contributed by atoms with van der Waals surface area (Å²) in [7, 11) is 0. The Bertz CT molecular complexity index is 413. The first kappa shape index (κ1) is 12.1. The number of rotatable bonds is 3. The fourth-order valence-corrected chi connectivity index (χ4v) is 3.10. The van der Waals surface area contributed by atoms with Crippen molar-refractivity contribution in [2.45, 2.75) is 37.2 Å². The van der Waals surface area contributed by atoms with Crippen molar-refractivity contribution in [3.8, 4) is 0 Å². The summed E-state index contributed by atoms with van der Waals surface area (Å²) in [4.78, 5) is 2.37. The van der Waals surface area contributed by atoms with Crippen molar-refractivity contribution in [2.24, 2.45) is 0 Å². The SMILES string of the molecule is OC1CCCN(CC2(c3ccc(F)cc3)CC2)C1. The van der Waals surface area contributed by atoms with Gasteiger partial charge in [0.2, 0.25) is 0 Å². The molecule has 0 aromatic heterocycles. The summed E-state index contributed by atoms with van der Waals surface area (Å²) in [6.07, 6.45) is 4.22. The topological polar surface area (TPSA) is 23.5 Å². The Balaban J connectivity index is 1.69. The molecular weight excluding hydrogens is 229 g/mol. The van der Waals surface area contributed by atoms with Gasteiger partial charge in [0.1, 0.15) is 5.82 Å². The van der Waals surface area contributed by atoms with Crippen molar-refractivity contribution in [1.82, 2.24) is 4.90 Å². The van der Waals surface area contributed by atoms with Gasteiger partial charge in [-0.15, -0.1) is 0 Å². The third kappa shape index (κ3) is 2.43. The van der Waals surface area contributed by atoms with Crippen LogP contribution in [0, 0.1) is 5.82 Å². The van der Waals surface area contributed by atoms with Crippen molar-refractivity contribution < 1.29 is 9.50 Å². The minimum atomic E-state index is -0.164. The van der Waals surface area contributed by atoms with E-state index in [4.69, 9.17) is 0 Å². The first-order valence-corrected chi connectivity index (χ1v) is 6.84. The minimum Gasteiger partial charge on any atom is -0.392 e. The summed E-state index contributed by atoms with van der Waals surface area (Å²) in [6.45, 7) is 2.89. The zero-order valence-corrected chi connectivity index (χ0v) is 10.6. The number of halogens is 1. The Hall–Kier alpha value is -0.930. The van der Waals surface area contributed by atoms with Gasteiger partial charge in [-0.2, -0.15) is 0 Å². The van der Waals surface area contributed by atoms with Crippen LogP contribution < -0.4 is 0 Å². The van der Waals surface area contributed by atoms with Gasteiger partial charge in [0.15, 0.2) is 0 Å². The van der Waals surface area contributed by atoms with Crippen molar-refractivity contribution in [2.75, 3.05) is 19.6 Å². The molecule has 0 bridgehead atoms. The van der Waals surface area contributed by atoms with E-state index in [1.807, 2.05) is 12.1 Å². The van der Waals surface area contributed by atoms with Crippen LogP contribution in [0.3, 0.4) is 0 Å². The smallest absolute Gasteiger partial charge is 0.123 e. The number of β-amino-alcohol motifs (C(OH)–C–C–N with tert-alkyl or cyclic N) is 1. The summed E-state index contributed by atoms with van der Waals surface area (Å²) in [5.74, 6) is -0.164. The number of hydrogen-bond acceptors (Lipinski definition) is 2. The lowest BCUT2D eigenvalue weighted by atomic mass is 9.94. The highest BCUT2D eigenvalue weighted by atomic mass is 19.1. The predicted molar refractivity (Wildman–Crippen MR) is 69.0 cm³/mol. The van der Waals surface area contributed by atoms with E-state index in [0.29, 0.717) is 0 Å². The van der Waals surface area contributed by atoms with Crippen LogP contribution in [0.4, 0.5) is 4.39 Å². The van der Waals surface area contributed by atoms with Gasteiger partial charge in [-0.25, -0.2) is 4.39 Å². The Labute approximate surface area is 107 Å². The molecule has 18 heavy (non-hydrogen) atoms. The first-order chi connectivity index (χ1) is 8.68. The molecule has 98 valence electrons. The molecule has 2 aliphatic rings. The zero-order chi connectivity index (χ0) is 12.6. The van der Waals surface area contributed by atoms with Crippen molar-refractivity contribution in [3.63, 3.8) is 0 Å². The number of nitrogens with zero attached hydrogens (tertiary/aromatic N) is 1. The van der Waals surface area contributed by atoms with Crippen LogP contribution >= 0.6 is 0 Å². The van der Waals surface area contributed by atoms with Crippen LogP contribution in [-0.4, -0.2) is 35.7 Å². The van der Waals surface area contributed by atoms with E-state index >= 15 is 0 Å². The van der Waals surface area contributed by atoms with Gasteiger partial charge in [-0.3, -0.25) is 4.90 Å². The maximum Gasteiger partial charge on any atom is 0.123 e. The average Bonchev–Trinajstić information content (AvgIpc) is 3.11. The number of aliphatic hydroxyl groups excluding tert-OH is 1. The molecule has 1 aromatic rings. The third-order valence-electron chi connectivity index (χ3n) is 4.32. The number of hydrogen-bond donors (Lipinski definition) is 1. The van der Waals surface area contributed by atoms with Gasteiger partial charge < -0.3 is 5.11 Å². The molecule has 1 aromatic carbocycles. The molecule has 3 heteroatoms. The number of likely N-dealkylation sites (tertiary alicyclic amines) is 1. The molecule has 3 rings (SSSR count). The monoisotopic (exact) mass is 249 g/mol. The fraction of sp³-hybridized carbons (Fsp3) is 0.600. The maximum absolute atomic E-state index is 13.0. The van der Waals surface area contributed by atoms with E-state index in [1.165, 1.54) is 18.4 Å². The molecule has 1 N–H and O–H groups in total. The molecule has 2 fully saturated rings. The number of aliphatic hydroxyl groups is 1. The molecule has 1 atom stereocenters. The van der Waals surface area contributed by atoms with Gasteiger partial charge in [0.05, 0.1) is 6.10 Å². The van der Waals surface area contributed by atoms with Gasteiger partial charge in [-0.1, -0.05) is 12.1 Å². The van der Waals surface area contributed by atoms with Crippen LogP contribution in [0.25, 0.3) is 0 Å². The Morgan fingerprint density at radius 1 is 1.28 bits per heavy atom. The maximum atomic E-state index is 13.0. The molecule has 1 unspecified atom stereocenters. The Kier molecular flexibility index (Phi) is 3.12. The van der Waals surface area contributed by atoms with Gasteiger partial charge in [0.25, 0.3) is 0 Å². The molecule has 0 spiro atoms. The number of benzene rings is 1. The predicted octanol–water partition coefficient (Wildman–Crippen LogP) is 2.31. The molecule has 0 amide bonds. The zero-order valence-electron chi connectivity index (χ0n) is 10.6. The van der Waals surface area contributed by atoms with E-state index in [9.17, 15) is 9.50 Å². The molecule has 0 radical (unpaired) electrons. The van der Waals surface area contributed by atoms with Crippen LogP contribution in [0.5, 0.6) is 0 Å². The molecule has 1 aliphatic heterocycles. The van der Waals surface area contributed by atoms with E-state index in [2.05, 4.69) is 4.90 Å². The Morgan fingerprint density at radius 3 is 2.61 bits per heavy atom. The van der Waals surface area contributed by atoms with Crippen molar-refractivity contribution >= 4 is 0 Å². The summed E-state index contributed by atoms with van der Waals surface area (Å²) < 4.78 is 13.0. The van der Waals surface area contributed by atoms with Gasteiger partial charge in [0, 0.05) is 18.5 Å². The molecule has 1 saturated carbocycles. The second kappa shape index (κ2) is 4.63. The standard InChI is InChI=1S/C15H20FNO/c16-13-5-3-12(4-6-13)15(7-8-15)11-17-9-1-2-14(18)10-17/h3-6,14,18H,1-2,7-11H2. The van der Waals surface area contributed by atoms with Gasteiger partial charge >= 0.3 is 0 Å². The first-order valence-electron chi connectivity index (χ1n) is 6.84. The summed E-state index contributed by atoms with van der Waals surface area (Å²) >= 11 is 0. The summed E-state index contributed by atoms with van der Waals surface area (Å²) in [6, 6.07) is 6.95. The largest absolute Gasteiger partial charge is 0.392 e. The molecule has 1 saturated heterocycles. The van der Waals surface area contributed by atoms with Crippen molar-refractivity contribution in [3.05, 3.63) is 35.6 Å². The fourth-order valence-electron chi connectivity index (χ4n) is 3.10. The molecule has 1 heterocycles. The highest BCUT2D eigenvalue weighted by molar-refractivity contribution is 5.32. The van der Waals surface area contributed by atoms with E-state index in [1.54, 1.807) is 12.1 Å². The highest BCUT2D eigenvalue weighted by Gasteiger charge is 2.45. The normalized spacial score (nSPS) is 27.1. The average molecular weight is 249 g/mol.